The number of aliphatic hydroxyl groups is 1. The number of aliphatic hydroxyl groups excluding tert-OH is 1. The van der Waals surface area contributed by atoms with Crippen molar-refractivity contribution in [2.75, 3.05) is 0 Å². The first-order valence-corrected chi connectivity index (χ1v) is 9.10. The summed E-state index contributed by atoms with van der Waals surface area (Å²) in [6, 6.07) is 16.7. The summed E-state index contributed by atoms with van der Waals surface area (Å²) in [4.78, 5) is 15.9. The van der Waals surface area contributed by atoms with Crippen LogP contribution in [-0.2, 0) is 0 Å². The second kappa shape index (κ2) is 7.11. The van der Waals surface area contributed by atoms with Gasteiger partial charge in [-0.15, -0.1) is 0 Å². The van der Waals surface area contributed by atoms with Crippen LogP contribution in [0.25, 0.3) is 27.6 Å². The fraction of sp³-hybridized carbons (Fsp3) is 0.0909. The first-order valence-electron chi connectivity index (χ1n) is 8.72. The summed E-state index contributed by atoms with van der Waals surface area (Å²) >= 11 is 5.95. The molecular formula is C22H17ClN2O3. The lowest BCUT2D eigenvalue weighted by molar-refractivity contribution is 0.191. The maximum Gasteiger partial charge on any atom is 0.223 e. The third-order valence-corrected chi connectivity index (χ3v) is 4.84. The maximum absolute atomic E-state index is 11.8. The van der Waals surface area contributed by atoms with Crippen molar-refractivity contribution in [3.63, 3.8) is 0 Å². The van der Waals surface area contributed by atoms with Gasteiger partial charge in [0, 0.05) is 23.3 Å². The summed E-state index contributed by atoms with van der Waals surface area (Å²) in [7, 11) is 0. The summed E-state index contributed by atoms with van der Waals surface area (Å²) in [6.45, 7) is 1.58. The van der Waals surface area contributed by atoms with Gasteiger partial charge in [0.1, 0.15) is 5.15 Å². The van der Waals surface area contributed by atoms with Gasteiger partial charge in [-0.2, -0.15) is 0 Å². The summed E-state index contributed by atoms with van der Waals surface area (Å²) in [6.07, 6.45) is 2.19. The highest BCUT2D eigenvalue weighted by Crippen LogP contribution is 2.28. The lowest BCUT2D eigenvalue weighted by Gasteiger charge is -2.17. The number of pyridine rings is 2. The van der Waals surface area contributed by atoms with Crippen molar-refractivity contribution in [1.82, 2.24) is 9.55 Å². The average Bonchev–Trinajstić information content (AvgIpc) is 2.69. The number of aromatic hydroxyl groups is 1. The quantitative estimate of drug-likeness (QED) is 0.504. The Hall–Kier alpha value is -3.15. The first-order chi connectivity index (χ1) is 13.4. The summed E-state index contributed by atoms with van der Waals surface area (Å²) in [5.74, 6) is -0.372. The van der Waals surface area contributed by atoms with E-state index in [1.165, 1.54) is 12.3 Å². The lowest BCUT2D eigenvalue weighted by atomic mass is 10.0. The smallest absolute Gasteiger partial charge is 0.223 e. The highest BCUT2D eigenvalue weighted by Gasteiger charge is 2.12. The standard InChI is InChI=1S/C22H17ClN2O3/c1-13(26)19-10-20(27)21(28)12-25(19)18-4-2-3-14(8-18)15-5-6-16-9-22(23)24-11-17(16)7-15/h2-13,26,28H,1H3. The molecule has 1 unspecified atom stereocenters. The molecule has 4 aromatic rings. The number of fused-ring (bicyclic) bond motifs is 1. The Morgan fingerprint density at radius 1 is 1.04 bits per heavy atom. The number of nitrogens with zero attached hydrogens (tertiary/aromatic N) is 2. The van der Waals surface area contributed by atoms with Gasteiger partial charge in [-0.1, -0.05) is 35.9 Å². The molecule has 0 aliphatic rings. The number of halogens is 1. The highest BCUT2D eigenvalue weighted by molar-refractivity contribution is 6.30. The molecule has 4 rings (SSSR count). The second-order valence-electron chi connectivity index (χ2n) is 6.61. The maximum atomic E-state index is 11.8. The third kappa shape index (κ3) is 3.38. The normalized spacial score (nSPS) is 12.2. The molecule has 2 aromatic heterocycles. The highest BCUT2D eigenvalue weighted by atomic mass is 35.5. The van der Waals surface area contributed by atoms with E-state index in [1.54, 1.807) is 17.7 Å². The summed E-state index contributed by atoms with van der Waals surface area (Å²) in [5, 5.41) is 22.3. The molecule has 5 nitrogen and oxygen atoms in total. The van der Waals surface area contributed by atoms with Gasteiger partial charge in [-0.05, 0) is 47.7 Å². The Morgan fingerprint density at radius 3 is 2.61 bits per heavy atom. The van der Waals surface area contributed by atoms with E-state index in [1.807, 2.05) is 48.5 Å². The molecule has 0 spiro atoms. The Kier molecular flexibility index (Phi) is 4.63. The van der Waals surface area contributed by atoms with Gasteiger partial charge >= 0.3 is 0 Å². The molecule has 0 bridgehead atoms. The molecule has 1 atom stereocenters. The van der Waals surface area contributed by atoms with Gasteiger partial charge in [0.15, 0.2) is 5.75 Å². The first kappa shape index (κ1) is 18.2. The molecule has 2 aromatic carbocycles. The van der Waals surface area contributed by atoms with Crippen molar-refractivity contribution in [2.24, 2.45) is 0 Å². The average molecular weight is 393 g/mol. The van der Waals surface area contributed by atoms with Gasteiger partial charge in [0.2, 0.25) is 5.43 Å². The van der Waals surface area contributed by atoms with E-state index in [0.717, 1.165) is 27.6 Å². The Morgan fingerprint density at radius 2 is 1.82 bits per heavy atom. The van der Waals surface area contributed by atoms with Gasteiger partial charge in [0.05, 0.1) is 18.0 Å². The minimum absolute atomic E-state index is 0.372. The van der Waals surface area contributed by atoms with E-state index in [4.69, 9.17) is 11.6 Å². The van der Waals surface area contributed by atoms with Gasteiger partial charge in [-0.25, -0.2) is 4.98 Å². The van der Waals surface area contributed by atoms with E-state index in [-0.39, 0.29) is 5.75 Å². The molecule has 0 aliphatic heterocycles. The predicted molar refractivity (Wildman–Crippen MR) is 110 cm³/mol. The zero-order chi connectivity index (χ0) is 19.8. The minimum Gasteiger partial charge on any atom is -0.503 e. The van der Waals surface area contributed by atoms with Crippen molar-refractivity contribution in [3.05, 3.63) is 88.1 Å². The lowest BCUT2D eigenvalue weighted by Crippen LogP contribution is -2.13. The van der Waals surface area contributed by atoms with E-state index in [2.05, 4.69) is 4.98 Å². The number of rotatable bonds is 3. The van der Waals surface area contributed by atoms with E-state index in [9.17, 15) is 15.0 Å². The number of hydrogen-bond donors (Lipinski definition) is 2. The molecule has 0 saturated carbocycles. The largest absolute Gasteiger partial charge is 0.503 e. The molecule has 140 valence electrons. The molecule has 6 heteroatoms. The predicted octanol–water partition coefficient (Wildman–Crippen LogP) is 4.47. The molecule has 0 aliphatic carbocycles. The van der Waals surface area contributed by atoms with Crippen LogP contribution in [0.2, 0.25) is 5.15 Å². The van der Waals surface area contributed by atoms with Gasteiger partial charge in [-0.3, -0.25) is 4.79 Å². The van der Waals surface area contributed by atoms with Gasteiger partial charge in [0.25, 0.3) is 0 Å². The van der Waals surface area contributed by atoms with Crippen LogP contribution in [0.5, 0.6) is 5.75 Å². The fourth-order valence-electron chi connectivity index (χ4n) is 3.21. The Bertz CT molecular complexity index is 1250. The molecule has 28 heavy (non-hydrogen) atoms. The molecule has 0 fully saturated rings. The Balaban J connectivity index is 1.84. The van der Waals surface area contributed by atoms with Crippen LogP contribution in [0.4, 0.5) is 0 Å². The van der Waals surface area contributed by atoms with E-state index < -0.39 is 11.5 Å². The van der Waals surface area contributed by atoms with Crippen LogP contribution in [0, 0.1) is 0 Å². The third-order valence-electron chi connectivity index (χ3n) is 4.64. The summed E-state index contributed by atoms with van der Waals surface area (Å²) < 4.78 is 1.62. The van der Waals surface area contributed by atoms with Crippen LogP contribution in [-0.4, -0.2) is 19.8 Å². The van der Waals surface area contributed by atoms with Crippen molar-refractivity contribution >= 4 is 22.4 Å². The topological polar surface area (TPSA) is 75.3 Å². The molecule has 0 saturated heterocycles. The SMILES string of the molecule is CC(O)c1cc(=O)c(O)cn1-c1cccc(-c2ccc3cc(Cl)ncc3c2)c1. The molecular weight excluding hydrogens is 376 g/mol. The van der Waals surface area contributed by atoms with E-state index in [0.29, 0.717) is 10.8 Å². The number of aromatic nitrogens is 2. The molecule has 0 radical (unpaired) electrons. The number of benzene rings is 2. The second-order valence-corrected chi connectivity index (χ2v) is 7.00. The Labute approximate surface area is 166 Å². The van der Waals surface area contributed by atoms with Crippen molar-refractivity contribution in [1.29, 1.82) is 0 Å². The zero-order valence-corrected chi connectivity index (χ0v) is 15.8. The minimum atomic E-state index is -0.867. The van der Waals surface area contributed by atoms with Crippen LogP contribution in [0.1, 0.15) is 18.7 Å². The molecule has 0 amide bonds. The van der Waals surface area contributed by atoms with Crippen LogP contribution in [0.15, 0.2) is 71.8 Å². The fourth-order valence-corrected chi connectivity index (χ4v) is 3.38. The van der Waals surface area contributed by atoms with Crippen molar-refractivity contribution in [2.45, 2.75) is 13.0 Å². The van der Waals surface area contributed by atoms with Gasteiger partial charge < -0.3 is 14.8 Å². The monoisotopic (exact) mass is 392 g/mol. The number of hydrogen-bond acceptors (Lipinski definition) is 4. The molecule has 2 N–H and O–H groups in total. The molecule has 2 heterocycles. The van der Waals surface area contributed by atoms with Crippen LogP contribution in [0.3, 0.4) is 0 Å². The zero-order valence-electron chi connectivity index (χ0n) is 15.0. The van der Waals surface area contributed by atoms with Crippen molar-refractivity contribution in [3.8, 4) is 22.6 Å². The summed E-state index contributed by atoms with van der Waals surface area (Å²) in [5.41, 5.74) is 2.53. The van der Waals surface area contributed by atoms with E-state index >= 15 is 0 Å². The van der Waals surface area contributed by atoms with Crippen LogP contribution < -0.4 is 5.43 Å². The van der Waals surface area contributed by atoms with Crippen molar-refractivity contribution < 1.29 is 10.2 Å². The van der Waals surface area contributed by atoms with Crippen LogP contribution >= 0.6 is 11.6 Å².